The van der Waals surface area contributed by atoms with E-state index in [1.807, 2.05) is 0 Å². The number of hydrogen-bond acceptors (Lipinski definition) is 5. The maximum absolute atomic E-state index is 10.8. The second kappa shape index (κ2) is 5.76. The summed E-state index contributed by atoms with van der Waals surface area (Å²) in [5.41, 5.74) is 2.05. The maximum Gasteiger partial charge on any atom is 0.267 e. The van der Waals surface area contributed by atoms with Gasteiger partial charge in [-0.2, -0.15) is 0 Å². The molecule has 0 spiro atoms. The zero-order valence-electron chi connectivity index (χ0n) is 9.43. The van der Waals surface area contributed by atoms with E-state index in [1.165, 1.54) is 37.9 Å². The van der Waals surface area contributed by atoms with E-state index in [0.717, 1.165) is 6.08 Å². The molecule has 0 heterocycles. The maximum atomic E-state index is 10.8. The second-order valence-corrected chi connectivity index (χ2v) is 3.08. The van der Waals surface area contributed by atoms with Crippen LogP contribution in [0.15, 0.2) is 18.2 Å². The van der Waals surface area contributed by atoms with Crippen molar-refractivity contribution in [3.05, 3.63) is 23.8 Å². The number of nitrogens with one attached hydrogen (secondary N) is 1. The standard InChI is InChI=1S/C11H13NO5/c1-16-8-5-7(3-4-10(13)12-15)6-9(17-2)11(8)14/h3-6,14-15H,1-2H3,(H,12,13). The van der Waals surface area contributed by atoms with Crippen LogP contribution in [-0.2, 0) is 4.79 Å². The minimum Gasteiger partial charge on any atom is -0.502 e. The van der Waals surface area contributed by atoms with Gasteiger partial charge < -0.3 is 14.6 Å². The number of rotatable bonds is 4. The van der Waals surface area contributed by atoms with Gasteiger partial charge in [-0.25, -0.2) is 5.48 Å². The third kappa shape index (κ3) is 3.12. The molecule has 0 aromatic heterocycles. The number of ether oxygens (including phenoxy) is 2. The Morgan fingerprint density at radius 1 is 1.29 bits per heavy atom. The summed E-state index contributed by atoms with van der Waals surface area (Å²) in [5, 5.41) is 18.0. The average Bonchev–Trinajstić information content (AvgIpc) is 2.36. The van der Waals surface area contributed by atoms with Crippen LogP contribution in [0.2, 0.25) is 0 Å². The largest absolute Gasteiger partial charge is 0.502 e. The molecule has 0 aliphatic rings. The Hall–Kier alpha value is -2.21. The fourth-order valence-electron chi connectivity index (χ4n) is 1.22. The third-order valence-electron chi connectivity index (χ3n) is 2.04. The van der Waals surface area contributed by atoms with Crippen molar-refractivity contribution in [1.29, 1.82) is 0 Å². The molecule has 1 aromatic rings. The highest BCUT2D eigenvalue weighted by Gasteiger charge is 2.09. The van der Waals surface area contributed by atoms with Crippen molar-refractivity contribution < 1.29 is 24.6 Å². The van der Waals surface area contributed by atoms with Gasteiger partial charge >= 0.3 is 0 Å². The van der Waals surface area contributed by atoms with E-state index in [2.05, 4.69) is 0 Å². The highest BCUT2D eigenvalue weighted by molar-refractivity contribution is 5.91. The van der Waals surface area contributed by atoms with Gasteiger partial charge in [0.2, 0.25) is 5.75 Å². The van der Waals surface area contributed by atoms with E-state index in [9.17, 15) is 9.90 Å². The molecule has 0 saturated heterocycles. The number of aromatic hydroxyl groups is 1. The van der Waals surface area contributed by atoms with Gasteiger partial charge in [-0.05, 0) is 23.8 Å². The van der Waals surface area contributed by atoms with Crippen molar-refractivity contribution in [2.24, 2.45) is 0 Å². The van der Waals surface area contributed by atoms with Crippen LogP contribution in [0.25, 0.3) is 6.08 Å². The summed E-state index contributed by atoms with van der Waals surface area (Å²) in [6.07, 6.45) is 2.57. The molecule has 0 fully saturated rings. The molecule has 0 bridgehead atoms. The predicted molar refractivity (Wildman–Crippen MR) is 60.2 cm³/mol. The summed E-state index contributed by atoms with van der Waals surface area (Å²) in [4.78, 5) is 10.8. The zero-order chi connectivity index (χ0) is 12.8. The molecule has 92 valence electrons. The van der Waals surface area contributed by atoms with E-state index in [1.54, 1.807) is 0 Å². The van der Waals surface area contributed by atoms with E-state index >= 15 is 0 Å². The number of amides is 1. The first-order valence-electron chi connectivity index (χ1n) is 4.69. The van der Waals surface area contributed by atoms with Crippen LogP contribution in [0.3, 0.4) is 0 Å². The Morgan fingerprint density at radius 2 is 1.82 bits per heavy atom. The van der Waals surface area contributed by atoms with Crippen LogP contribution < -0.4 is 15.0 Å². The smallest absolute Gasteiger partial charge is 0.267 e. The Morgan fingerprint density at radius 3 is 2.24 bits per heavy atom. The predicted octanol–water partition coefficient (Wildman–Crippen LogP) is 0.928. The molecule has 0 saturated carbocycles. The minimum absolute atomic E-state index is 0.112. The number of hydroxylamine groups is 1. The van der Waals surface area contributed by atoms with Crippen molar-refractivity contribution in [2.75, 3.05) is 14.2 Å². The van der Waals surface area contributed by atoms with Gasteiger partial charge in [0.1, 0.15) is 0 Å². The molecule has 0 aliphatic heterocycles. The summed E-state index contributed by atoms with van der Waals surface area (Å²) in [7, 11) is 2.81. The van der Waals surface area contributed by atoms with Crippen molar-refractivity contribution >= 4 is 12.0 Å². The minimum atomic E-state index is -0.656. The molecule has 6 heteroatoms. The fraction of sp³-hybridized carbons (Fsp3) is 0.182. The lowest BCUT2D eigenvalue weighted by Crippen LogP contribution is -2.14. The van der Waals surface area contributed by atoms with Gasteiger partial charge in [-0.1, -0.05) is 0 Å². The zero-order valence-corrected chi connectivity index (χ0v) is 9.43. The highest BCUT2D eigenvalue weighted by Crippen LogP contribution is 2.37. The molecule has 0 radical (unpaired) electrons. The van der Waals surface area contributed by atoms with Crippen LogP contribution >= 0.6 is 0 Å². The second-order valence-electron chi connectivity index (χ2n) is 3.08. The summed E-state index contributed by atoms with van der Waals surface area (Å²) in [5.74, 6) is -0.309. The lowest BCUT2D eigenvalue weighted by Gasteiger charge is -2.09. The van der Waals surface area contributed by atoms with E-state index in [0.29, 0.717) is 5.56 Å². The number of carbonyl (C=O) groups is 1. The molecule has 0 unspecified atom stereocenters. The number of benzene rings is 1. The van der Waals surface area contributed by atoms with Gasteiger partial charge in [0.15, 0.2) is 11.5 Å². The molecule has 1 amide bonds. The summed E-state index contributed by atoms with van der Waals surface area (Å²) in [6, 6.07) is 3.05. The van der Waals surface area contributed by atoms with Crippen LogP contribution in [0.1, 0.15) is 5.56 Å². The van der Waals surface area contributed by atoms with E-state index < -0.39 is 5.91 Å². The number of hydrogen-bond donors (Lipinski definition) is 3. The van der Waals surface area contributed by atoms with Gasteiger partial charge in [0.05, 0.1) is 14.2 Å². The number of phenolic OH excluding ortho intramolecular Hbond substituents is 1. The Bertz CT molecular complexity index is 416. The van der Waals surface area contributed by atoms with Crippen LogP contribution in [0.5, 0.6) is 17.2 Å². The molecular formula is C11H13NO5. The summed E-state index contributed by atoms with van der Waals surface area (Å²) >= 11 is 0. The quantitative estimate of drug-likeness (QED) is 0.413. The number of carbonyl (C=O) groups excluding carboxylic acids is 1. The Balaban J connectivity index is 3.09. The average molecular weight is 239 g/mol. The van der Waals surface area contributed by atoms with Crippen molar-refractivity contribution in [1.82, 2.24) is 5.48 Å². The lowest BCUT2D eigenvalue weighted by atomic mass is 10.1. The third-order valence-corrected chi connectivity index (χ3v) is 2.04. The molecule has 6 nitrogen and oxygen atoms in total. The SMILES string of the molecule is COc1cc(C=CC(=O)NO)cc(OC)c1O. The molecule has 0 atom stereocenters. The number of methoxy groups -OCH3 is 2. The monoisotopic (exact) mass is 239 g/mol. The first-order chi connectivity index (χ1) is 8.12. The van der Waals surface area contributed by atoms with Gasteiger partial charge in [-0.3, -0.25) is 10.0 Å². The lowest BCUT2D eigenvalue weighted by molar-refractivity contribution is -0.124. The Labute approximate surface area is 98.0 Å². The van der Waals surface area contributed by atoms with Gasteiger partial charge in [0, 0.05) is 6.08 Å². The van der Waals surface area contributed by atoms with Crippen molar-refractivity contribution in [2.45, 2.75) is 0 Å². The molecule has 1 aromatic carbocycles. The first kappa shape index (κ1) is 12.9. The Kier molecular flexibility index (Phi) is 4.36. The fourth-order valence-corrected chi connectivity index (χ4v) is 1.22. The molecule has 17 heavy (non-hydrogen) atoms. The molecule has 3 N–H and O–H groups in total. The van der Waals surface area contributed by atoms with Gasteiger partial charge in [0.25, 0.3) is 5.91 Å². The van der Waals surface area contributed by atoms with Crippen LogP contribution in [0, 0.1) is 0 Å². The number of phenols is 1. The van der Waals surface area contributed by atoms with Crippen LogP contribution in [-0.4, -0.2) is 30.4 Å². The van der Waals surface area contributed by atoms with E-state index in [-0.39, 0.29) is 17.2 Å². The molecular weight excluding hydrogens is 226 g/mol. The summed E-state index contributed by atoms with van der Waals surface area (Å²) < 4.78 is 9.89. The van der Waals surface area contributed by atoms with Crippen molar-refractivity contribution in [3.63, 3.8) is 0 Å². The normalized spacial score (nSPS) is 10.3. The summed E-state index contributed by atoms with van der Waals surface area (Å²) in [6.45, 7) is 0. The van der Waals surface area contributed by atoms with Crippen LogP contribution in [0.4, 0.5) is 0 Å². The molecule has 1 rings (SSSR count). The van der Waals surface area contributed by atoms with Crippen molar-refractivity contribution in [3.8, 4) is 17.2 Å². The highest BCUT2D eigenvalue weighted by atomic mass is 16.5. The first-order valence-corrected chi connectivity index (χ1v) is 4.69. The van der Waals surface area contributed by atoms with Gasteiger partial charge in [-0.15, -0.1) is 0 Å². The molecule has 0 aliphatic carbocycles. The topological polar surface area (TPSA) is 88.0 Å². The van der Waals surface area contributed by atoms with E-state index in [4.69, 9.17) is 14.7 Å².